The lowest BCUT2D eigenvalue weighted by Gasteiger charge is -2.35. The summed E-state index contributed by atoms with van der Waals surface area (Å²) in [6.45, 7) is 4.81. The van der Waals surface area contributed by atoms with E-state index in [1.807, 2.05) is 36.1 Å². The fourth-order valence-corrected chi connectivity index (χ4v) is 3.46. The lowest BCUT2D eigenvalue weighted by Crippen LogP contribution is -2.48. The van der Waals surface area contributed by atoms with Crippen LogP contribution in [-0.4, -0.2) is 56.7 Å². The molecule has 0 unspecified atom stereocenters. The number of carbonyl (C=O) groups excluding carboxylic acids is 1. The van der Waals surface area contributed by atoms with Gasteiger partial charge in [0.25, 0.3) is 0 Å². The molecule has 0 radical (unpaired) electrons. The first-order valence-corrected chi connectivity index (χ1v) is 9.02. The number of aromatic nitrogens is 4. The zero-order chi connectivity index (χ0) is 18.1. The molecule has 0 spiro atoms. The van der Waals surface area contributed by atoms with Crippen LogP contribution in [0.3, 0.4) is 0 Å². The van der Waals surface area contributed by atoms with E-state index in [2.05, 4.69) is 20.0 Å². The van der Waals surface area contributed by atoms with E-state index in [0.717, 1.165) is 35.6 Å². The van der Waals surface area contributed by atoms with Crippen LogP contribution in [0.25, 0.3) is 16.7 Å². The van der Waals surface area contributed by atoms with Gasteiger partial charge in [-0.05, 0) is 18.2 Å². The van der Waals surface area contributed by atoms with Gasteiger partial charge in [-0.1, -0.05) is 24.6 Å². The third-order valence-corrected chi connectivity index (χ3v) is 4.87. The van der Waals surface area contributed by atoms with Crippen molar-refractivity contribution in [1.29, 1.82) is 0 Å². The smallest absolute Gasteiger partial charge is 0.222 e. The first kappa shape index (κ1) is 16.8. The predicted molar refractivity (Wildman–Crippen MR) is 101 cm³/mol. The van der Waals surface area contributed by atoms with Gasteiger partial charge < -0.3 is 9.80 Å². The molecule has 1 amide bonds. The monoisotopic (exact) mass is 370 g/mol. The number of halogens is 1. The van der Waals surface area contributed by atoms with E-state index in [1.165, 1.54) is 0 Å². The fraction of sp³-hybridized carbons (Fsp3) is 0.333. The number of carbonyl (C=O) groups is 1. The molecule has 134 valence electrons. The maximum absolute atomic E-state index is 11.9. The largest absolute Gasteiger partial charge is 0.352 e. The van der Waals surface area contributed by atoms with Gasteiger partial charge in [0, 0.05) is 37.6 Å². The fourth-order valence-electron chi connectivity index (χ4n) is 3.27. The van der Waals surface area contributed by atoms with Crippen molar-refractivity contribution in [2.24, 2.45) is 0 Å². The summed E-state index contributed by atoms with van der Waals surface area (Å²) < 4.78 is 1.77. The number of rotatable bonds is 3. The molecule has 1 aliphatic heterocycles. The molecular weight excluding hydrogens is 352 g/mol. The summed E-state index contributed by atoms with van der Waals surface area (Å²) in [6.07, 6.45) is 3.89. The Morgan fingerprint density at radius 2 is 2.00 bits per heavy atom. The van der Waals surface area contributed by atoms with E-state index in [1.54, 1.807) is 17.2 Å². The molecule has 7 nitrogen and oxygen atoms in total. The summed E-state index contributed by atoms with van der Waals surface area (Å²) in [6, 6.07) is 7.51. The molecule has 26 heavy (non-hydrogen) atoms. The number of amides is 1. The number of hydrogen-bond acceptors (Lipinski definition) is 5. The number of fused-ring (bicyclic) bond motifs is 1. The zero-order valence-corrected chi connectivity index (χ0v) is 15.2. The Hall–Kier alpha value is -2.67. The van der Waals surface area contributed by atoms with Gasteiger partial charge in [-0.3, -0.25) is 4.79 Å². The second kappa shape index (κ2) is 6.92. The van der Waals surface area contributed by atoms with Crippen molar-refractivity contribution in [2.45, 2.75) is 13.3 Å². The summed E-state index contributed by atoms with van der Waals surface area (Å²) in [7, 11) is 0. The SMILES string of the molecule is CCC(=O)N1CCN(c2ncnc3c2cnn3-c2cccc(Cl)c2)CC1. The average Bonchev–Trinajstić information content (AvgIpc) is 3.12. The lowest BCUT2D eigenvalue weighted by atomic mass is 10.2. The molecule has 1 saturated heterocycles. The minimum absolute atomic E-state index is 0.200. The van der Waals surface area contributed by atoms with Crippen molar-refractivity contribution in [3.8, 4) is 5.69 Å². The Bertz CT molecular complexity index is 948. The molecule has 1 aromatic carbocycles. The van der Waals surface area contributed by atoms with Crippen molar-refractivity contribution in [2.75, 3.05) is 31.1 Å². The van der Waals surface area contributed by atoms with Crippen molar-refractivity contribution in [1.82, 2.24) is 24.6 Å². The van der Waals surface area contributed by atoms with Gasteiger partial charge in [0.05, 0.1) is 17.3 Å². The Balaban J connectivity index is 1.65. The molecular formula is C18H19ClN6O. The standard InChI is InChI=1S/C18H19ClN6O/c1-2-16(26)23-6-8-24(9-7-23)17-15-11-22-25(18(15)21-12-20-17)14-5-3-4-13(19)10-14/h3-5,10-12H,2,6-9H2,1H3. The van der Waals surface area contributed by atoms with E-state index in [0.29, 0.717) is 24.5 Å². The molecule has 0 aliphatic carbocycles. The molecule has 0 N–H and O–H groups in total. The van der Waals surface area contributed by atoms with Crippen LogP contribution in [0.15, 0.2) is 36.8 Å². The Labute approximate surface area is 156 Å². The Morgan fingerprint density at radius 1 is 1.19 bits per heavy atom. The predicted octanol–water partition coefficient (Wildman–Crippen LogP) is 2.53. The molecule has 0 saturated carbocycles. The number of nitrogens with zero attached hydrogens (tertiary/aromatic N) is 6. The van der Waals surface area contributed by atoms with Crippen LogP contribution in [0.4, 0.5) is 5.82 Å². The quantitative estimate of drug-likeness (QED) is 0.708. The average molecular weight is 371 g/mol. The minimum Gasteiger partial charge on any atom is -0.352 e. The van der Waals surface area contributed by atoms with Gasteiger partial charge in [-0.15, -0.1) is 0 Å². The van der Waals surface area contributed by atoms with E-state index < -0.39 is 0 Å². The summed E-state index contributed by atoms with van der Waals surface area (Å²) in [5, 5.41) is 6.02. The third-order valence-electron chi connectivity index (χ3n) is 4.63. The Morgan fingerprint density at radius 3 is 2.73 bits per heavy atom. The maximum atomic E-state index is 11.9. The highest BCUT2D eigenvalue weighted by Gasteiger charge is 2.23. The van der Waals surface area contributed by atoms with Crippen LogP contribution >= 0.6 is 11.6 Å². The second-order valence-electron chi connectivity index (χ2n) is 6.19. The van der Waals surface area contributed by atoms with Crippen LogP contribution in [0, 0.1) is 0 Å². The molecule has 0 atom stereocenters. The van der Waals surface area contributed by atoms with Crippen LogP contribution in [0.2, 0.25) is 5.02 Å². The summed E-state index contributed by atoms with van der Waals surface area (Å²) in [5.41, 5.74) is 1.60. The molecule has 3 aromatic rings. The summed E-state index contributed by atoms with van der Waals surface area (Å²) in [5.74, 6) is 1.05. The highest BCUT2D eigenvalue weighted by Crippen LogP contribution is 2.26. The van der Waals surface area contributed by atoms with Crippen molar-refractivity contribution >= 4 is 34.4 Å². The second-order valence-corrected chi connectivity index (χ2v) is 6.63. The molecule has 0 bridgehead atoms. The molecule has 2 aromatic heterocycles. The van der Waals surface area contributed by atoms with Gasteiger partial charge in [0.1, 0.15) is 12.1 Å². The summed E-state index contributed by atoms with van der Waals surface area (Å²) in [4.78, 5) is 24.9. The maximum Gasteiger partial charge on any atom is 0.222 e. The van der Waals surface area contributed by atoms with Gasteiger partial charge >= 0.3 is 0 Å². The van der Waals surface area contributed by atoms with Crippen molar-refractivity contribution < 1.29 is 4.79 Å². The van der Waals surface area contributed by atoms with E-state index in [4.69, 9.17) is 11.6 Å². The van der Waals surface area contributed by atoms with Gasteiger partial charge in [0.2, 0.25) is 5.91 Å². The molecule has 3 heterocycles. The van der Waals surface area contributed by atoms with Crippen LogP contribution in [0.5, 0.6) is 0 Å². The van der Waals surface area contributed by atoms with Crippen LogP contribution < -0.4 is 4.90 Å². The topological polar surface area (TPSA) is 67.2 Å². The van der Waals surface area contributed by atoms with Crippen molar-refractivity contribution in [3.05, 3.63) is 41.8 Å². The molecule has 1 aliphatic rings. The number of hydrogen-bond donors (Lipinski definition) is 0. The van der Waals surface area contributed by atoms with Gasteiger partial charge in [-0.2, -0.15) is 5.10 Å². The first-order valence-electron chi connectivity index (χ1n) is 8.64. The number of benzene rings is 1. The van der Waals surface area contributed by atoms with E-state index in [9.17, 15) is 4.79 Å². The summed E-state index contributed by atoms with van der Waals surface area (Å²) >= 11 is 6.10. The molecule has 8 heteroatoms. The highest BCUT2D eigenvalue weighted by molar-refractivity contribution is 6.30. The molecule has 4 rings (SSSR count). The normalized spacial score (nSPS) is 14.8. The van der Waals surface area contributed by atoms with Gasteiger partial charge in [-0.25, -0.2) is 14.6 Å². The minimum atomic E-state index is 0.200. The Kier molecular flexibility index (Phi) is 4.46. The highest BCUT2D eigenvalue weighted by atomic mass is 35.5. The van der Waals surface area contributed by atoms with Crippen molar-refractivity contribution in [3.63, 3.8) is 0 Å². The first-order chi connectivity index (χ1) is 12.7. The van der Waals surface area contributed by atoms with Crippen LogP contribution in [-0.2, 0) is 4.79 Å². The molecule has 1 fully saturated rings. The lowest BCUT2D eigenvalue weighted by molar-refractivity contribution is -0.131. The zero-order valence-electron chi connectivity index (χ0n) is 14.5. The van der Waals surface area contributed by atoms with E-state index >= 15 is 0 Å². The number of piperazine rings is 1. The van der Waals surface area contributed by atoms with Crippen LogP contribution in [0.1, 0.15) is 13.3 Å². The van der Waals surface area contributed by atoms with E-state index in [-0.39, 0.29) is 5.91 Å². The number of anilines is 1. The third kappa shape index (κ3) is 2.99. The van der Waals surface area contributed by atoms with Gasteiger partial charge in [0.15, 0.2) is 5.65 Å².